The van der Waals surface area contributed by atoms with E-state index >= 15 is 0 Å². The van der Waals surface area contributed by atoms with Crippen LogP contribution in [0.5, 0.6) is 0 Å². The summed E-state index contributed by atoms with van der Waals surface area (Å²) in [5.41, 5.74) is 3.38. The Morgan fingerprint density at radius 1 is 1.24 bits per heavy atom. The molecule has 126 valence electrons. The maximum Gasteiger partial charge on any atom is 0.247 e. The Balaban J connectivity index is 1.48. The molecule has 7 nitrogen and oxygen atoms in total. The van der Waals surface area contributed by atoms with Crippen LogP contribution in [0.4, 0.5) is 0 Å². The van der Waals surface area contributed by atoms with Crippen molar-refractivity contribution in [3.63, 3.8) is 0 Å². The number of aromatic nitrogens is 6. The number of thiazole rings is 1. The van der Waals surface area contributed by atoms with Crippen LogP contribution in [-0.2, 0) is 12.8 Å². The molecule has 0 aliphatic heterocycles. The van der Waals surface area contributed by atoms with Crippen molar-refractivity contribution in [3.8, 4) is 23.0 Å². The number of hydrogen-bond acceptors (Lipinski definition) is 8. The lowest BCUT2D eigenvalue weighted by Gasteiger charge is -2.00. The first kappa shape index (κ1) is 16.2. The molecule has 0 N–H and O–H groups in total. The SMILES string of the molecule is Cn1c(SCc2nnc(-c3cccc(Cl)c3)o2)nnc1-c1cscn1. The molecule has 0 aliphatic rings. The van der Waals surface area contributed by atoms with Gasteiger partial charge in [0.05, 0.1) is 11.3 Å². The zero-order valence-electron chi connectivity index (χ0n) is 13.0. The molecule has 0 spiro atoms. The molecule has 3 heterocycles. The zero-order chi connectivity index (χ0) is 17.2. The number of nitrogens with zero attached hydrogens (tertiary/aromatic N) is 6. The second-order valence-electron chi connectivity index (χ2n) is 5.04. The smallest absolute Gasteiger partial charge is 0.247 e. The van der Waals surface area contributed by atoms with Gasteiger partial charge in [-0.2, -0.15) is 0 Å². The van der Waals surface area contributed by atoms with Gasteiger partial charge in [0.2, 0.25) is 11.8 Å². The van der Waals surface area contributed by atoms with Crippen LogP contribution in [0.3, 0.4) is 0 Å². The highest BCUT2D eigenvalue weighted by Gasteiger charge is 2.15. The Morgan fingerprint density at radius 2 is 2.16 bits per heavy atom. The summed E-state index contributed by atoms with van der Waals surface area (Å²) in [6, 6.07) is 7.30. The van der Waals surface area contributed by atoms with E-state index in [9.17, 15) is 0 Å². The topological polar surface area (TPSA) is 82.5 Å². The average Bonchev–Trinajstić information content (AvgIpc) is 3.34. The summed E-state index contributed by atoms with van der Waals surface area (Å²) in [7, 11) is 1.90. The normalized spacial score (nSPS) is 11.1. The van der Waals surface area contributed by atoms with Gasteiger partial charge in [0.15, 0.2) is 11.0 Å². The van der Waals surface area contributed by atoms with E-state index in [1.54, 1.807) is 17.6 Å². The van der Waals surface area contributed by atoms with Gasteiger partial charge in [-0.3, -0.25) is 0 Å². The number of benzene rings is 1. The average molecular weight is 391 g/mol. The van der Waals surface area contributed by atoms with Gasteiger partial charge in [-0.15, -0.1) is 31.7 Å². The fraction of sp³-hybridized carbons (Fsp3) is 0.133. The van der Waals surface area contributed by atoms with Crippen LogP contribution in [-0.4, -0.2) is 29.9 Å². The van der Waals surface area contributed by atoms with Gasteiger partial charge in [-0.05, 0) is 18.2 Å². The molecule has 25 heavy (non-hydrogen) atoms. The highest BCUT2D eigenvalue weighted by molar-refractivity contribution is 7.98. The quantitative estimate of drug-likeness (QED) is 0.477. The van der Waals surface area contributed by atoms with Crippen LogP contribution in [0.2, 0.25) is 5.02 Å². The van der Waals surface area contributed by atoms with Crippen molar-refractivity contribution in [2.45, 2.75) is 10.9 Å². The zero-order valence-corrected chi connectivity index (χ0v) is 15.3. The molecule has 4 aromatic rings. The predicted molar refractivity (Wildman–Crippen MR) is 96.4 cm³/mol. The van der Waals surface area contributed by atoms with E-state index in [4.69, 9.17) is 16.0 Å². The van der Waals surface area contributed by atoms with Gasteiger partial charge in [-0.1, -0.05) is 29.4 Å². The monoisotopic (exact) mass is 390 g/mol. The number of rotatable bonds is 5. The van der Waals surface area contributed by atoms with Crippen molar-refractivity contribution < 1.29 is 4.42 Å². The fourth-order valence-electron chi connectivity index (χ4n) is 2.16. The maximum atomic E-state index is 5.99. The van der Waals surface area contributed by atoms with Crippen molar-refractivity contribution in [1.29, 1.82) is 0 Å². The summed E-state index contributed by atoms with van der Waals surface area (Å²) in [5, 5.41) is 19.8. The summed E-state index contributed by atoms with van der Waals surface area (Å²) in [6.45, 7) is 0. The minimum Gasteiger partial charge on any atom is -0.420 e. The third-order valence-electron chi connectivity index (χ3n) is 3.36. The molecule has 0 saturated heterocycles. The van der Waals surface area contributed by atoms with Crippen molar-refractivity contribution in [3.05, 3.63) is 46.1 Å². The summed E-state index contributed by atoms with van der Waals surface area (Å²) < 4.78 is 7.59. The summed E-state index contributed by atoms with van der Waals surface area (Å²) >= 11 is 8.98. The fourth-order valence-corrected chi connectivity index (χ4v) is 3.63. The van der Waals surface area contributed by atoms with E-state index in [1.165, 1.54) is 23.1 Å². The van der Waals surface area contributed by atoms with E-state index in [0.29, 0.717) is 22.6 Å². The third kappa shape index (κ3) is 3.44. The first-order valence-electron chi connectivity index (χ1n) is 7.20. The molecule has 0 saturated carbocycles. The van der Waals surface area contributed by atoms with Gasteiger partial charge in [0.25, 0.3) is 0 Å². The van der Waals surface area contributed by atoms with Crippen LogP contribution < -0.4 is 0 Å². The molecule has 0 aliphatic carbocycles. The molecular formula is C15H11ClN6OS2. The summed E-state index contributed by atoms with van der Waals surface area (Å²) in [4.78, 5) is 4.26. The summed E-state index contributed by atoms with van der Waals surface area (Å²) in [5.74, 6) is 2.18. The molecule has 0 bridgehead atoms. The molecule has 1 aromatic carbocycles. The molecule has 0 amide bonds. The Morgan fingerprint density at radius 3 is 2.96 bits per heavy atom. The van der Waals surface area contributed by atoms with Crippen LogP contribution >= 0.6 is 34.7 Å². The Labute approximate surface area is 156 Å². The molecular weight excluding hydrogens is 380 g/mol. The maximum absolute atomic E-state index is 5.99. The third-order valence-corrected chi connectivity index (χ3v) is 5.19. The Hall–Kier alpha value is -2.23. The van der Waals surface area contributed by atoms with E-state index in [2.05, 4.69) is 25.4 Å². The molecule has 3 aromatic heterocycles. The number of hydrogen-bond donors (Lipinski definition) is 0. The highest BCUT2D eigenvalue weighted by Crippen LogP contribution is 2.26. The summed E-state index contributed by atoms with van der Waals surface area (Å²) in [6.07, 6.45) is 0. The largest absolute Gasteiger partial charge is 0.420 e. The number of thioether (sulfide) groups is 1. The molecule has 0 unspecified atom stereocenters. The lowest BCUT2D eigenvalue weighted by Crippen LogP contribution is -1.95. The molecule has 0 radical (unpaired) electrons. The Bertz CT molecular complexity index is 997. The van der Waals surface area contributed by atoms with E-state index < -0.39 is 0 Å². The molecule has 4 rings (SSSR count). The van der Waals surface area contributed by atoms with E-state index in [0.717, 1.165) is 22.2 Å². The van der Waals surface area contributed by atoms with Crippen LogP contribution in [0.15, 0.2) is 44.7 Å². The molecule has 10 heteroatoms. The first-order valence-corrected chi connectivity index (χ1v) is 9.50. The van der Waals surface area contributed by atoms with Crippen molar-refractivity contribution in [2.75, 3.05) is 0 Å². The molecule has 0 atom stereocenters. The van der Waals surface area contributed by atoms with Crippen LogP contribution in [0.25, 0.3) is 23.0 Å². The minimum atomic E-state index is 0.444. The molecule has 0 fully saturated rings. The van der Waals surface area contributed by atoms with Crippen molar-refractivity contribution in [1.82, 2.24) is 29.9 Å². The predicted octanol–water partition coefficient (Wildman–Crippen LogP) is 3.93. The standard InChI is InChI=1S/C15H11ClN6OS2/c1-22-13(11-6-24-8-17-11)19-21-15(22)25-7-12-18-20-14(23-12)9-3-2-4-10(16)5-9/h2-6,8H,7H2,1H3. The lowest BCUT2D eigenvalue weighted by atomic mass is 10.2. The highest BCUT2D eigenvalue weighted by atomic mass is 35.5. The second kappa shape index (κ2) is 6.95. The second-order valence-corrected chi connectivity index (χ2v) is 7.14. The van der Waals surface area contributed by atoms with E-state index in [1.807, 2.05) is 29.1 Å². The number of halogens is 1. The van der Waals surface area contributed by atoms with Gasteiger partial charge in [0.1, 0.15) is 5.69 Å². The van der Waals surface area contributed by atoms with Gasteiger partial charge in [-0.25, -0.2) is 4.98 Å². The lowest BCUT2D eigenvalue weighted by molar-refractivity contribution is 0.528. The van der Waals surface area contributed by atoms with Crippen LogP contribution in [0.1, 0.15) is 5.89 Å². The van der Waals surface area contributed by atoms with E-state index in [-0.39, 0.29) is 0 Å². The minimum absolute atomic E-state index is 0.444. The van der Waals surface area contributed by atoms with Gasteiger partial charge < -0.3 is 8.98 Å². The van der Waals surface area contributed by atoms with Gasteiger partial charge >= 0.3 is 0 Å². The van der Waals surface area contributed by atoms with Crippen LogP contribution in [0, 0.1) is 0 Å². The van der Waals surface area contributed by atoms with Crippen molar-refractivity contribution >= 4 is 34.7 Å². The Kier molecular flexibility index (Phi) is 4.51. The van der Waals surface area contributed by atoms with Crippen molar-refractivity contribution in [2.24, 2.45) is 7.05 Å². The van der Waals surface area contributed by atoms with Gasteiger partial charge in [0, 0.05) is 23.0 Å². The first-order chi connectivity index (χ1) is 12.2.